The molecule has 0 spiro atoms. The third kappa shape index (κ3) is 3.86. The van der Waals surface area contributed by atoms with Gasteiger partial charge in [0.05, 0.1) is 19.8 Å². The number of alkyl halides is 2. The minimum atomic E-state index is -2.25. The molecule has 1 N–H and O–H groups in total. The molecule has 0 aromatic heterocycles. The Balaban J connectivity index is 2.33. The van der Waals surface area contributed by atoms with Crippen molar-refractivity contribution in [3.05, 3.63) is 0 Å². The van der Waals surface area contributed by atoms with Crippen LogP contribution < -0.4 is 5.32 Å². The van der Waals surface area contributed by atoms with Crippen molar-refractivity contribution in [1.29, 1.82) is 0 Å². The van der Waals surface area contributed by atoms with E-state index in [0.717, 1.165) is 13.1 Å². The molecule has 1 saturated heterocycles. The quantitative estimate of drug-likeness (QED) is 0.714. The van der Waals surface area contributed by atoms with Gasteiger partial charge in [0.25, 0.3) is 6.43 Å². The van der Waals surface area contributed by atoms with E-state index < -0.39 is 6.43 Å². The van der Waals surface area contributed by atoms with E-state index >= 15 is 0 Å². The molecule has 0 saturated carbocycles. The van der Waals surface area contributed by atoms with Crippen molar-refractivity contribution >= 4 is 0 Å². The molecular formula is C9H18F2N2O. The number of nitrogens with zero attached hydrogens (tertiary/aromatic N) is 1. The highest BCUT2D eigenvalue weighted by Gasteiger charge is 2.24. The highest BCUT2D eigenvalue weighted by Crippen LogP contribution is 2.08. The highest BCUT2D eigenvalue weighted by molar-refractivity contribution is 4.77. The van der Waals surface area contributed by atoms with Crippen molar-refractivity contribution < 1.29 is 13.5 Å². The van der Waals surface area contributed by atoms with Gasteiger partial charge < -0.3 is 10.1 Å². The van der Waals surface area contributed by atoms with E-state index in [-0.39, 0.29) is 12.6 Å². The first-order valence-electron chi connectivity index (χ1n) is 5.04. The Kier molecular flexibility index (Phi) is 5.29. The number of nitrogens with one attached hydrogen (secondary N) is 1. The largest absolute Gasteiger partial charge is 0.378 e. The van der Waals surface area contributed by atoms with Crippen LogP contribution in [0.5, 0.6) is 0 Å². The molecule has 1 aliphatic rings. The topological polar surface area (TPSA) is 24.5 Å². The maximum absolute atomic E-state index is 12.2. The van der Waals surface area contributed by atoms with Gasteiger partial charge in [-0.25, -0.2) is 8.78 Å². The van der Waals surface area contributed by atoms with Crippen LogP contribution in [-0.2, 0) is 4.74 Å². The van der Waals surface area contributed by atoms with Crippen LogP contribution in [0.1, 0.15) is 6.92 Å². The standard InChI is InChI=1S/C9H18F2N2O/c1-2-12-5-8-7-14-4-3-13(8)6-9(10)11/h8-9,12H,2-7H2,1H3. The molecule has 1 unspecified atom stereocenters. The van der Waals surface area contributed by atoms with E-state index in [1.54, 1.807) is 4.90 Å². The van der Waals surface area contributed by atoms with Crippen molar-refractivity contribution in [1.82, 2.24) is 10.2 Å². The maximum atomic E-state index is 12.2. The number of hydrogen-bond acceptors (Lipinski definition) is 3. The fraction of sp³-hybridized carbons (Fsp3) is 1.00. The summed E-state index contributed by atoms with van der Waals surface area (Å²) in [6.07, 6.45) is -2.25. The fourth-order valence-corrected chi connectivity index (χ4v) is 1.61. The van der Waals surface area contributed by atoms with E-state index in [1.165, 1.54) is 0 Å². The van der Waals surface area contributed by atoms with Crippen LogP contribution in [0.2, 0.25) is 0 Å². The average molecular weight is 208 g/mol. The second-order valence-corrected chi connectivity index (χ2v) is 3.42. The van der Waals surface area contributed by atoms with Crippen molar-refractivity contribution in [3.63, 3.8) is 0 Å². The summed E-state index contributed by atoms with van der Waals surface area (Å²) in [6, 6.07) is 0.0951. The van der Waals surface area contributed by atoms with Crippen molar-refractivity contribution in [3.8, 4) is 0 Å². The van der Waals surface area contributed by atoms with Gasteiger partial charge in [-0.05, 0) is 6.54 Å². The number of rotatable bonds is 5. The van der Waals surface area contributed by atoms with Gasteiger partial charge in [0.2, 0.25) is 0 Å². The first-order chi connectivity index (χ1) is 6.74. The summed E-state index contributed by atoms with van der Waals surface area (Å²) >= 11 is 0. The van der Waals surface area contributed by atoms with Crippen molar-refractivity contribution in [2.75, 3.05) is 39.4 Å². The molecule has 0 aromatic rings. The van der Waals surface area contributed by atoms with Gasteiger partial charge in [-0.2, -0.15) is 0 Å². The van der Waals surface area contributed by atoms with Crippen LogP contribution in [0.3, 0.4) is 0 Å². The molecule has 84 valence electrons. The molecule has 5 heteroatoms. The number of halogens is 2. The van der Waals surface area contributed by atoms with E-state index in [9.17, 15) is 8.78 Å². The fourth-order valence-electron chi connectivity index (χ4n) is 1.61. The molecule has 1 aliphatic heterocycles. The lowest BCUT2D eigenvalue weighted by Gasteiger charge is -2.35. The third-order valence-corrected chi connectivity index (χ3v) is 2.35. The molecule has 0 bridgehead atoms. The summed E-state index contributed by atoms with van der Waals surface area (Å²) < 4.78 is 29.7. The minimum absolute atomic E-state index is 0.0951. The van der Waals surface area contributed by atoms with E-state index in [2.05, 4.69) is 5.32 Å². The molecule has 0 aromatic carbocycles. The van der Waals surface area contributed by atoms with E-state index in [0.29, 0.717) is 19.8 Å². The van der Waals surface area contributed by atoms with Gasteiger partial charge in [0.1, 0.15) is 0 Å². The highest BCUT2D eigenvalue weighted by atomic mass is 19.3. The summed E-state index contributed by atoms with van der Waals surface area (Å²) in [5.74, 6) is 0. The van der Waals surface area contributed by atoms with Crippen LogP contribution in [0.4, 0.5) is 8.78 Å². The molecule has 1 atom stereocenters. The second kappa shape index (κ2) is 6.27. The summed E-state index contributed by atoms with van der Waals surface area (Å²) in [7, 11) is 0. The lowest BCUT2D eigenvalue weighted by Crippen LogP contribution is -2.51. The number of ether oxygens (including phenoxy) is 1. The van der Waals surface area contributed by atoms with E-state index in [1.807, 2.05) is 6.92 Å². The molecular weight excluding hydrogens is 190 g/mol. The normalized spacial score (nSPS) is 24.4. The molecule has 0 radical (unpaired) electrons. The number of morpholine rings is 1. The minimum Gasteiger partial charge on any atom is -0.378 e. The Bertz CT molecular complexity index is 158. The lowest BCUT2D eigenvalue weighted by molar-refractivity contribution is -0.0315. The van der Waals surface area contributed by atoms with Gasteiger partial charge >= 0.3 is 0 Å². The second-order valence-electron chi connectivity index (χ2n) is 3.42. The zero-order valence-electron chi connectivity index (χ0n) is 8.51. The van der Waals surface area contributed by atoms with Gasteiger partial charge in [-0.1, -0.05) is 6.92 Å². The molecule has 14 heavy (non-hydrogen) atoms. The SMILES string of the molecule is CCNCC1COCCN1CC(F)F. The molecule has 0 aliphatic carbocycles. The smallest absolute Gasteiger partial charge is 0.251 e. The molecule has 1 fully saturated rings. The summed E-state index contributed by atoms with van der Waals surface area (Å²) in [4.78, 5) is 1.80. The Labute approximate surface area is 83.4 Å². The zero-order chi connectivity index (χ0) is 10.4. The van der Waals surface area contributed by atoms with Gasteiger partial charge in [-0.15, -0.1) is 0 Å². The van der Waals surface area contributed by atoms with Crippen molar-refractivity contribution in [2.45, 2.75) is 19.4 Å². The van der Waals surface area contributed by atoms with Crippen LogP contribution in [-0.4, -0.2) is 56.8 Å². The Hall–Kier alpha value is -0.260. The monoisotopic (exact) mass is 208 g/mol. The zero-order valence-corrected chi connectivity index (χ0v) is 8.51. The van der Waals surface area contributed by atoms with Crippen LogP contribution in [0, 0.1) is 0 Å². The van der Waals surface area contributed by atoms with Crippen LogP contribution in [0.25, 0.3) is 0 Å². The number of hydrogen-bond donors (Lipinski definition) is 1. The Morgan fingerprint density at radius 3 is 3.00 bits per heavy atom. The maximum Gasteiger partial charge on any atom is 0.251 e. The molecule has 1 heterocycles. The first-order valence-corrected chi connectivity index (χ1v) is 5.04. The van der Waals surface area contributed by atoms with Gasteiger partial charge in [-0.3, -0.25) is 4.90 Å². The summed E-state index contributed by atoms with van der Waals surface area (Å²) in [6.45, 7) is 5.18. The predicted octanol–water partition coefficient (Wildman–Crippen LogP) is 0.562. The number of likely N-dealkylation sites (N-methyl/N-ethyl adjacent to an activating group) is 1. The molecule has 0 amide bonds. The van der Waals surface area contributed by atoms with Crippen LogP contribution >= 0.6 is 0 Å². The van der Waals surface area contributed by atoms with E-state index in [4.69, 9.17) is 4.74 Å². The van der Waals surface area contributed by atoms with Gasteiger partial charge in [0.15, 0.2) is 0 Å². The Morgan fingerprint density at radius 1 is 1.57 bits per heavy atom. The summed E-state index contributed by atoms with van der Waals surface area (Å²) in [5, 5.41) is 3.15. The lowest BCUT2D eigenvalue weighted by atomic mass is 10.2. The van der Waals surface area contributed by atoms with Gasteiger partial charge in [0, 0.05) is 19.1 Å². The molecule has 1 rings (SSSR count). The average Bonchev–Trinajstić information content (AvgIpc) is 2.16. The first kappa shape index (κ1) is 11.8. The molecule has 3 nitrogen and oxygen atoms in total. The predicted molar refractivity (Wildman–Crippen MR) is 50.7 cm³/mol. The van der Waals surface area contributed by atoms with Crippen molar-refractivity contribution in [2.24, 2.45) is 0 Å². The summed E-state index contributed by atoms with van der Waals surface area (Å²) in [5.41, 5.74) is 0. The third-order valence-electron chi connectivity index (χ3n) is 2.35. The van der Waals surface area contributed by atoms with Crippen LogP contribution in [0.15, 0.2) is 0 Å². The Morgan fingerprint density at radius 2 is 2.36 bits per heavy atom.